The van der Waals surface area contributed by atoms with Gasteiger partial charge in [0.1, 0.15) is 16.8 Å². The lowest BCUT2D eigenvalue weighted by Gasteiger charge is -2.33. The Hall–Kier alpha value is -2.43. The smallest absolute Gasteiger partial charge is 0.257 e. The highest BCUT2D eigenvalue weighted by atomic mass is 32.1. The van der Waals surface area contributed by atoms with Gasteiger partial charge in [-0.2, -0.15) is 5.26 Å². The van der Waals surface area contributed by atoms with E-state index in [-0.39, 0.29) is 16.4 Å². The lowest BCUT2D eigenvalue weighted by Crippen LogP contribution is -2.34. The van der Waals surface area contributed by atoms with Crippen LogP contribution in [0.5, 0.6) is 5.75 Å². The second-order valence-electron chi connectivity index (χ2n) is 8.49. The zero-order valence-corrected chi connectivity index (χ0v) is 19.4. The molecule has 1 heterocycles. The molecule has 1 aliphatic rings. The van der Waals surface area contributed by atoms with E-state index < -0.39 is 0 Å². The lowest BCUT2D eigenvalue weighted by molar-refractivity contribution is 0.0977. The Bertz CT molecular complexity index is 999. The molecule has 0 fully saturated rings. The van der Waals surface area contributed by atoms with Crippen molar-refractivity contribution in [3.63, 3.8) is 0 Å². The average molecular weight is 442 g/mol. The highest BCUT2D eigenvalue weighted by Gasteiger charge is 2.32. The summed E-state index contributed by atoms with van der Waals surface area (Å²) in [5.74, 6) is 0.907. The fraction of sp³-hybridized carbons (Fsp3) is 0.435. The quantitative estimate of drug-likeness (QED) is 0.630. The summed E-state index contributed by atoms with van der Waals surface area (Å²) in [6.45, 7) is 9.23. The molecule has 0 radical (unpaired) electrons. The average Bonchev–Trinajstić information content (AvgIpc) is 3.03. The predicted octanol–water partition coefficient (Wildman–Crippen LogP) is 5.30. The molecule has 1 atom stereocenters. The van der Waals surface area contributed by atoms with Crippen molar-refractivity contribution in [2.45, 2.75) is 47.0 Å². The number of anilines is 1. The summed E-state index contributed by atoms with van der Waals surface area (Å²) >= 11 is 6.92. The Labute approximate surface area is 187 Å². The molecule has 1 unspecified atom stereocenters. The number of thiocarbonyl (C=S) groups is 1. The van der Waals surface area contributed by atoms with Gasteiger partial charge >= 0.3 is 0 Å². The van der Waals surface area contributed by atoms with Gasteiger partial charge in [-0.25, -0.2) is 0 Å². The Kier molecular flexibility index (Phi) is 6.79. The molecule has 3 rings (SSSR count). The topological polar surface area (TPSA) is 74.2 Å². The van der Waals surface area contributed by atoms with Crippen molar-refractivity contribution in [1.29, 1.82) is 5.26 Å². The van der Waals surface area contributed by atoms with Crippen molar-refractivity contribution in [2.24, 2.45) is 11.3 Å². The number of thiophene rings is 1. The van der Waals surface area contributed by atoms with Gasteiger partial charge in [-0.05, 0) is 73.5 Å². The van der Waals surface area contributed by atoms with Gasteiger partial charge in [0.05, 0.1) is 12.2 Å². The maximum absolute atomic E-state index is 12.5. The molecule has 2 N–H and O–H groups in total. The van der Waals surface area contributed by atoms with E-state index in [2.05, 4.69) is 37.5 Å². The van der Waals surface area contributed by atoms with Crippen LogP contribution < -0.4 is 15.4 Å². The first-order valence-corrected chi connectivity index (χ1v) is 11.3. The van der Waals surface area contributed by atoms with Gasteiger partial charge in [-0.1, -0.05) is 26.8 Å². The van der Waals surface area contributed by atoms with Gasteiger partial charge < -0.3 is 10.1 Å². The molecule has 30 heavy (non-hydrogen) atoms. The SMILES string of the molecule is CCOc1cccc(C(=O)NC(=S)Nc2sc3c(c2C#N)CCC(C(C)(C)C)C3)c1. The fourth-order valence-corrected chi connectivity index (χ4v) is 5.28. The third-order valence-corrected chi connectivity index (χ3v) is 6.84. The highest BCUT2D eigenvalue weighted by Crippen LogP contribution is 2.43. The summed E-state index contributed by atoms with van der Waals surface area (Å²) in [5, 5.41) is 16.4. The van der Waals surface area contributed by atoms with Crippen LogP contribution in [0.15, 0.2) is 24.3 Å². The number of carbonyl (C=O) groups excluding carboxylic acids is 1. The molecular weight excluding hydrogens is 414 g/mol. The standard InChI is InChI=1S/C23H27N3O2S2/c1-5-28-16-8-6-7-14(11-16)20(27)25-22(29)26-21-18(13-24)17-10-9-15(23(2,3)4)12-19(17)30-21/h6-8,11,15H,5,9-10,12H2,1-4H3,(H2,25,26,27,29). The Morgan fingerprint density at radius 1 is 1.40 bits per heavy atom. The number of hydrogen-bond acceptors (Lipinski definition) is 5. The second-order valence-corrected chi connectivity index (χ2v) is 10.0. The van der Waals surface area contributed by atoms with Gasteiger partial charge in [0.15, 0.2) is 5.11 Å². The molecule has 1 aliphatic carbocycles. The van der Waals surface area contributed by atoms with Crippen LogP contribution in [0.1, 0.15) is 60.5 Å². The van der Waals surface area contributed by atoms with Crippen molar-refractivity contribution in [1.82, 2.24) is 5.32 Å². The van der Waals surface area contributed by atoms with Crippen molar-refractivity contribution < 1.29 is 9.53 Å². The Balaban J connectivity index is 1.72. The molecule has 0 bridgehead atoms. The van der Waals surface area contributed by atoms with Crippen molar-refractivity contribution in [3.8, 4) is 11.8 Å². The number of nitrogens with one attached hydrogen (secondary N) is 2. The number of benzene rings is 1. The van der Waals surface area contributed by atoms with Gasteiger partial charge in [0.25, 0.3) is 5.91 Å². The van der Waals surface area contributed by atoms with Crippen molar-refractivity contribution in [2.75, 3.05) is 11.9 Å². The second kappa shape index (κ2) is 9.15. The molecule has 0 saturated heterocycles. The number of rotatable bonds is 4. The molecule has 1 aromatic heterocycles. The Morgan fingerprint density at radius 3 is 2.83 bits per heavy atom. The first-order chi connectivity index (χ1) is 14.2. The summed E-state index contributed by atoms with van der Waals surface area (Å²) in [6, 6.07) is 9.28. The molecule has 1 amide bonds. The van der Waals surface area contributed by atoms with Crippen LogP contribution in [0.3, 0.4) is 0 Å². The number of hydrogen-bond donors (Lipinski definition) is 2. The van der Waals surface area contributed by atoms with Gasteiger partial charge in [-0.3, -0.25) is 10.1 Å². The molecule has 158 valence electrons. The van der Waals surface area contributed by atoms with E-state index in [1.165, 1.54) is 4.88 Å². The predicted molar refractivity (Wildman–Crippen MR) is 125 cm³/mol. The normalized spacial score (nSPS) is 15.6. The highest BCUT2D eigenvalue weighted by molar-refractivity contribution is 7.80. The minimum atomic E-state index is -0.318. The summed E-state index contributed by atoms with van der Waals surface area (Å²) < 4.78 is 5.44. The summed E-state index contributed by atoms with van der Waals surface area (Å²) in [6.07, 6.45) is 2.96. The van der Waals surface area contributed by atoms with E-state index in [1.54, 1.807) is 35.6 Å². The number of carbonyl (C=O) groups is 1. The fourth-order valence-electron chi connectivity index (χ4n) is 3.73. The van der Waals surface area contributed by atoms with E-state index in [4.69, 9.17) is 17.0 Å². The molecule has 2 aromatic rings. The van der Waals surface area contributed by atoms with Crippen LogP contribution in [0, 0.1) is 22.7 Å². The zero-order chi connectivity index (χ0) is 21.9. The molecular formula is C23H27N3O2S2. The summed E-state index contributed by atoms with van der Waals surface area (Å²) in [4.78, 5) is 13.8. The minimum absolute atomic E-state index is 0.185. The molecule has 0 saturated carbocycles. The van der Waals surface area contributed by atoms with E-state index in [0.29, 0.717) is 34.4 Å². The van der Waals surface area contributed by atoms with Crippen LogP contribution in [0.4, 0.5) is 5.00 Å². The maximum Gasteiger partial charge on any atom is 0.257 e. The summed E-state index contributed by atoms with van der Waals surface area (Å²) in [5.41, 5.74) is 2.48. The van der Waals surface area contributed by atoms with E-state index in [1.807, 2.05) is 6.92 Å². The molecule has 0 spiro atoms. The number of nitrogens with zero attached hydrogens (tertiary/aromatic N) is 1. The third-order valence-electron chi connectivity index (χ3n) is 5.46. The number of nitriles is 1. The van der Waals surface area contributed by atoms with Gasteiger partial charge in [-0.15, -0.1) is 11.3 Å². The van der Waals surface area contributed by atoms with Crippen LogP contribution in [-0.2, 0) is 12.8 Å². The first-order valence-electron chi connectivity index (χ1n) is 10.1. The summed E-state index contributed by atoms with van der Waals surface area (Å²) in [7, 11) is 0. The van der Waals surface area contributed by atoms with Crippen LogP contribution >= 0.6 is 23.6 Å². The van der Waals surface area contributed by atoms with Crippen molar-refractivity contribution >= 4 is 39.6 Å². The molecule has 7 heteroatoms. The molecule has 0 aliphatic heterocycles. The zero-order valence-electron chi connectivity index (χ0n) is 17.8. The monoisotopic (exact) mass is 441 g/mol. The van der Waals surface area contributed by atoms with E-state index >= 15 is 0 Å². The minimum Gasteiger partial charge on any atom is -0.494 e. The number of fused-ring (bicyclic) bond motifs is 1. The van der Waals surface area contributed by atoms with Crippen molar-refractivity contribution in [3.05, 3.63) is 45.8 Å². The van der Waals surface area contributed by atoms with E-state index in [0.717, 1.165) is 24.8 Å². The Morgan fingerprint density at radius 2 is 2.17 bits per heavy atom. The van der Waals surface area contributed by atoms with Crippen LogP contribution in [-0.4, -0.2) is 17.6 Å². The van der Waals surface area contributed by atoms with Gasteiger partial charge in [0.2, 0.25) is 0 Å². The lowest BCUT2D eigenvalue weighted by atomic mass is 9.72. The largest absolute Gasteiger partial charge is 0.494 e. The number of amides is 1. The van der Waals surface area contributed by atoms with E-state index in [9.17, 15) is 10.1 Å². The van der Waals surface area contributed by atoms with Crippen LogP contribution in [0.2, 0.25) is 0 Å². The van der Waals surface area contributed by atoms with Crippen LogP contribution in [0.25, 0.3) is 0 Å². The maximum atomic E-state index is 12.5. The first kappa shape index (κ1) is 22.3. The van der Waals surface area contributed by atoms with Gasteiger partial charge in [0, 0.05) is 10.4 Å². The third kappa shape index (κ3) is 5.00. The number of ether oxygens (including phenoxy) is 1. The molecule has 1 aromatic carbocycles. The molecule has 5 nitrogen and oxygen atoms in total.